The van der Waals surface area contributed by atoms with Gasteiger partial charge in [-0.25, -0.2) is 0 Å². The molecule has 8 atom stereocenters. The lowest BCUT2D eigenvalue weighted by Crippen LogP contribution is -2.73. The largest absolute Gasteiger partial charge is 0.348 e. The molecule has 1 aliphatic carbocycles. The molecular formula is C31H43ClN6O2S. The maximum absolute atomic E-state index is 12.6. The van der Waals surface area contributed by atoms with Crippen molar-refractivity contribution in [3.63, 3.8) is 0 Å². The summed E-state index contributed by atoms with van der Waals surface area (Å²) in [6.45, 7) is 7.54. The van der Waals surface area contributed by atoms with Crippen LogP contribution in [0.3, 0.4) is 0 Å². The zero-order valence-corrected chi connectivity index (χ0v) is 25.6. The van der Waals surface area contributed by atoms with E-state index in [1.807, 2.05) is 16.7 Å². The molecule has 0 aromatic heterocycles. The van der Waals surface area contributed by atoms with Crippen molar-refractivity contribution >= 4 is 29.3 Å². The lowest BCUT2D eigenvalue weighted by atomic mass is 9.72. The molecular weight excluding hydrogens is 556 g/mol. The Morgan fingerprint density at radius 3 is 2.90 bits per heavy atom. The number of ether oxygens (including phenoxy) is 1. The van der Waals surface area contributed by atoms with E-state index in [-0.39, 0.29) is 40.0 Å². The highest BCUT2D eigenvalue weighted by molar-refractivity contribution is 8.02. The van der Waals surface area contributed by atoms with Gasteiger partial charge in [0.25, 0.3) is 0 Å². The minimum absolute atomic E-state index is 0.0267. The van der Waals surface area contributed by atoms with Gasteiger partial charge in [-0.2, -0.15) is 5.26 Å². The minimum atomic E-state index is -0.250. The summed E-state index contributed by atoms with van der Waals surface area (Å²) in [5, 5.41) is 17.3. The second kappa shape index (κ2) is 12.5. The van der Waals surface area contributed by atoms with E-state index in [1.165, 1.54) is 30.0 Å². The van der Waals surface area contributed by atoms with E-state index in [1.54, 1.807) is 0 Å². The van der Waals surface area contributed by atoms with Crippen LogP contribution in [0.2, 0.25) is 0 Å². The normalized spacial score (nSPS) is 37.8. The van der Waals surface area contributed by atoms with Crippen LogP contribution in [0.15, 0.2) is 36.9 Å². The van der Waals surface area contributed by atoms with Crippen LogP contribution < -0.4 is 10.6 Å². The number of thioether (sulfide) groups is 1. The number of carbonyl (C=O) groups excluding carboxylic acids is 1. The molecule has 1 saturated carbocycles. The fourth-order valence-electron chi connectivity index (χ4n) is 7.91. The number of fused-ring (bicyclic) bond motifs is 2. The first-order valence-corrected chi connectivity index (χ1v) is 16.5. The maximum atomic E-state index is 12.6. The highest BCUT2D eigenvalue weighted by atomic mass is 35.5. The van der Waals surface area contributed by atoms with E-state index >= 15 is 0 Å². The molecule has 8 nitrogen and oxygen atoms in total. The first-order chi connectivity index (χ1) is 19.9. The lowest BCUT2D eigenvalue weighted by molar-refractivity contribution is -0.135. The fraction of sp³-hybridized carbons (Fsp3) is 0.677. The van der Waals surface area contributed by atoms with Crippen LogP contribution in [0.25, 0.3) is 0 Å². The molecule has 10 heteroatoms. The molecule has 3 saturated heterocycles. The number of amides is 1. The first-order valence-electron chi connectivity index (χ1n) is 15.2. The molecule has 1 aromatic rings. The third-order valence-electron chi connectivity index (χ3n) is 10.1. The van der Waals surface area contributed by atoms with Crippen molar-refractivity contribution in [3.05, 3.63) is 48.0 Å². The van der Waals surface area contributed by atoms with Gasteiger partial charge in [0.05, 0.1) is 31.3 Å². The quantitative estimate of drug-likeness (QED) is 0.379. The van der Waals surface area contributed by atoms with Gasteiger partial charge < -0.3 is 14.5 Å². The topological polar surface area (TPSA) is 83.9 Å². The summed E-state index contributed by atoms with van der Waals surface area (Å²) in [5.41, 5.74) is 2.65. The Morgan fingerprint density at radius 2 is 2.12 bits per heavy atom. The molecule has 222 valence electrons. The van der Waals surface area contributed by atoms with Gasteiger partial charge in [-0.15, -0.1) is 23.4 Å². The Hall–Kier alpha value is -1.64. The van der Waals surface area contributed by atoms with Gasteiger partial charge in [-0.05, 0) is 69.3 Å². The third-order valence-corrected chi connectivity index (χ3v) is 12.1. The van der Waals surface area contributed by atoms with Crippen LogP contribution >= 0.6 is 23.4 Å². The highest BCUT2D eigenvalue weighted by Crippen LogP contribution is 2.56. The van der Waals surface area contributed by atoms with E-state index in [9.17, 15) is 10.1 Å². The molecule has 0 radical (unpaired) electrons. The van der Waals surface area contributed by atoms with E-state index < -0.39 is 0 Å². The van der Waals surface area contributed by atoms with Gasteiger partial charge in [-0.3, -0.25) is 20.3 Å². The molecule has 4 fully saturated rings. The zero-order chi connectivity index (χ0) is 28.6. The van der Waals surface area contributed by atoms with Gasteiger partial charge >= 0.3 is 0 Å². The monoisotopic (exact) mass is 598 g/mol. The first kappa shape index (κ1) is 29.4. The smallest absolute Gasteiger partial charge is 0.246 e. The predicted molar refractivity (Wildman–Crippen MR) is 163 cm³/mol. The number of alkyl halides is 1. The molecule has 1 amide bonds. The standard InChI is InChI=1S/C31H43ClN6O2S/c1-3-27(39)38-16-15-37(19-22(38)11-13-33)29-25-10-12-31(17-21-7-4-5-9-24(21)28(32)41-31)18-26(25)34-30(35-29)40-20-23-8-6-14-36(23)2/h3-5,7,9,22-23,25-26,28-30,34-35H,1,6,8,10-12,14-20H2,2H3/t22?,23?,25?,26?,28?,29?,30?,31-/m1/s1. The number of nitrogens with one attached hydrogen (secondary N) is 2. The summed E-state index contributed by atoms with van der Waals surface area (Å²) in [6.07, 6.45) is 8.23. The SMILES string of the molecule is C=CC(=O)N1CCN(C2NC(OCC3CCCN3C)NC3C[C@@]4(CCC32)Cc2ccccc2C(Cl)S4)CC1CC#N. The lowest BCUT2D eigenvalue weighted by Gasteiger charge is -2.56. The van der Waals surface area contributed by atoms with Gasteiger partial charge in [0.1, 0.15) is 4.71 Å². The maximum Gasteiger partial charge on any atom is 0.246 e. The minimum Gasteiger partial charge on any atom is -0.348 e. The van der Waals surface area contributed by atoms with Crippen molar-refractivity contribution < 1.29 is 9.53 Å². The van der Waals surface area contributed by atoms with E-state index in [0.717, 1.165) is 38.8 Å². The van der Waals surface area contributed by atoms with Crippen LogP contribution in [-0.2, 0) is 16.0 Å². The molecule has 41 heavy (non-hydrogen) atoms. The van der Waals surface area contributed by atoms with Gasteiger partial charge in [0.2, 0.25) is 5.91 Å². The second-order valence-electron chi connectivity index (χ2n) is 12.5. The van der Waals surface area contributed by atoms with Crippen molar-refractivity contribution in [2.45, 2.75) is 85.0 Å². The Labute approximate surface area is 253 Å². The molecule has 1 aromatic carbocycles. The molecule has 4 heterocycles. The fourth-order valence-corrected chi connectivity index (χ4v) is 10.2. The Kier molecular flexibility index (Phi) is 9.00. The Bertz CT molecular complexity index is 1170. The molecule has 6 rings (SSSR count). The van der Waals surface area contributed by atoms with E-state index in [2.05, 4.69) is 64.4 Å². The number of benzene rings is 1. The van der Waals surface area contributed by atoms with Crippen molar-refractivity contribution in [2.24, 2.45) is 5.92 Å². The van der Waals surface area contributed by atoms with Crippen LogP contribution in [0.1, 0.15) is 54.4 Å². The summed E-state index contributed by atoms with van der Waals surface area (Å²) < 4.78 is 6.63. The zero-order valence-electron chi connectivity index (χ0n) is 24.0. The van der Waals surface area contributed by atoms with Gasteiger partial charge in [-0.1, -0.05) is 30.8 Å². The highest BCUT2D eigenvalue weighted by Gasteiger charge is 2.51. The predicted octanol–water partition coefficient (Wildman–Crippen LogP) is 3.65. The second-order valence-corrected chi connectivity index (χ2v) is 14.8. The summed E-state index contributed by atoms with van der Waals surface area (Å²) in [6, 6.07) is 11.6. The van der Waals surface area contributed by atoms with Crippen LogP contribution in [0.4, 0.5) is 0 Å². The van der Waals surface area contributed by atoms with Crippen molar-refractivity contribution in [2.75, 3.05) is 39.8 Å². The molecule has 5 aliphatic rings. The van der Waals surface area contributed by atoms with E-state index in [4.69, 9.17) is 16.3 Å². The summed E-state index contributed by atoms with van der Waals surface area (Å²) in [5.74, 6) is 0.304. The number of rotatable bonds is 6. The average molecular weight is 599 g/mol. The number of hydrogen-bond acceptors (Lipinski definition) is 8. The van der Waals surface area contributed by atoms with Crippen LogP contribution in [-0.4, -0.2) is 95.8 Å². The summed E-state index contributed by atoms with van der Waals surface area (Å²) >= 11 is 8.93. The Balaban J connectivity index is 1.22. The van der Waals surface area contributed by atoms with Gasteiger partial charge in [0, 0.05) is 42.4 Å². The van der Waals surface area contributed by atoms with E-state index in [0.29, 0.717) is 38.1 Å². The Morgan fingerprint density at radius 1 is 1.27 bits per heavy atom. The summed E-state index contributed by atoms with van der Waals surface area (Å²) in [4.78, 5) is 19.2. The molecule has 1 spiro atoms. The van der Waals surface area contributed by atoms with Crippen LogP contribution in [0, 0.1) is 17.2 Å². The number of piperazine rings is 1. The number of nitriles is 1. The number of hydrogen-bond donors (Lipinski definition) is 2. The third kappa shape index (κ3) is 6.08. The number of halogens is 1. The molecule has 7 unspecified atom stereocenters. The number of likely N-dealkylation sites (N-methyl/N-ethyl adjacent to an activating group) is 1. The van der Waals surface area contributed by atoms with Crippen molar-refractivity contribution in [1.82, 2.24) is 25.3 Å². The number of carbonyl (C=O) groups is 1. The molecule has 2 N–H and O–H groups in total. The van der Waals surface area contributed by atoms with Crippen LogP contribution in [0.5, 0.6) is 0 Å². The van der Waals surface area contributed by atoms with Gasteiger partial charge in [0.15, 0.2) is 6.35 Å². The molecule has 4 aliphatic heterocycles. The number of nitrogens with zero attached hydrogens (tertiary/aromatic N) is 4. The summed E-state index contributed by atoms with van der Waals surface area (Å²) in [7, 11) is 2.19. The number of likely N-dealkylation sites (tertiary alicyclic amines) is 1. The molecule has 0 bridgehead atoms. The van der Waals surface area contributed by atoms with Crippen molar-refractivity contribution in [1.29, 1.82) is 5.26 Å². The van der Waals surface area contributed by atoms with Crippen molar-refractivity contribution in [3.8, 4) is 6.07 Å². The average Bonchev–Trinajstić information content (AvgIpc) is 3.39.